The lowest BCUT2D eigenvalue weighted by Crippen LogP contribution is -1.66. The number of hydrogen-bond acceptors (Lipinski definition) is 0. The number of benzene rings is 1. The molecule has 1 rings (SSSR count). The van der Waals surface area contributed by atoms with E-state index in [9.17, 15) is 0 Å². The highest BCUT2D eigenvalue weighted by Crippen LogP contribution is 1.97. The van der Waals surface area contributed by atoms with Crippen LogP contribution in [0.5, 0.6) is 0 Å². The summed E-state index contributed by atoms with van der Waals surface area (Å²) in [6.07, 6.45) is 0. The van der Waals surface area contributed by atoms with E-state index in [2.05, 4.69) is 0 Å². The van der Waals surface area contributed by atoms with Gasteiger partial charge >= 0.3 is 6.73 Å². The van der Waals surface area contributed by atoms with Crippen molar-refractivity contribution >= 4 is 40.0 Å². The normalized spacial score (nSPS) is 8.40. The van der Waals surface area contributed by atoms with Gasteiger partial charge in [0.15, 0.2) is 0 Å². The van der Waals surface area contributed by atoms with Crippen LogP contribution >= 0.6 is 33.2 Å². The van der Waals surface area contributed by atoms with Gasteiger partial charge in [-0.15, -0.1) is 33.2 Å². The second-order valence-corrected chi connectivity index (χ2v) is 7.84. The molecule has 10 heavy (non-hydrogen) atoms. The van der Waals surface area contributed by atoms with Crippen LogP contribution in [-0.2, 0) is 0 Å². The zero-order valence-electron chi connectivity index (χ0n) is 5.18. The fourth-order valence-electron chi connectivity index (χ4n) is 0.385. The van der Waals surface area contributed by atoms with E-state index in [0.717, 1.165) is 0 Å². The molecule has 0 bridgehead atoms. The average molecular weight is 214 g/mol. The Bertz CT molecular complexity index is 113. The van der Waals surface area contributed by atoms with Crippen LogP contribution in [0.2, 0.25) is 0 Å². The minimum atomic E-state index is -1.72. The highest BCUT2D eigenvalue weighted by Gasteiger charge is 1.85. The largest absolute Gasteiger partial charge is 0.326 e. The Hall–Kier alpha value is 0.307. The van der Waals surface area contributed by atoms with Crippen molar-refractivity contribution in [2.24, 2.45) is 0 Å². The molecule has 0 atom stereocenters. The van der Waals surface area contributed by atoms with Crippen LogP contribution in [0.4, 0.5) is 0 Å². The maximum Gasteiger partial charge on any atom is 0.326 e. The first-order valence-electron chi connectivity index (χ1n) is 2.65. The Morgan fingerprint density at radius 3 is 0.800 bits per heavy atom. The lowest BCUT2D eigenvalue weighted by molar-refractivity contribution is 1.72. The van der Waals surface area contributed by atoms with Gasteiger partial charge in [0, 0.05) is 0 Å². The minimum Gasteiger partial charge on any atom is -0.130 e. The van der Waals surface area contributed by atoms with Crippen LogP contribution in [0.25, 0.3) is 0 Å². The summed E-state index contributed by atoms with van der Waals surface area (Å²) in [5, 5.41) is 0. The molecule has 0 unspecified atom stereocenters. The third-order valence-electron chi connectivity index (χ3n) is 0.667. The molecular weight excluding hydrogens is 207 g/mol. The zero-order chi connectivity index (χ0) is 7.82. The molecule has 0 N–H and O–H groups in total. The molecule has 0 saturated heterocycles. The summed E-state index contributed by atoms with van der Waals surface area (Å²) < 4.78 is 0. The van der Waals surface area contributed by atoms with E-state index in [0.29, 0.717) is 0 Å². The van der Waals surface area contributed by atoms with Gasteiger partial charge in [-0.05, 0) is 0 Å². The second-order valence-electron chi connectivity index (χ2n) is 1.40. The Morgan fingerprint density at radius 1 is 0.600 bits per heavy atom. The van der Waals surface area contributed by atoms with Crippen LogP contribution in [0.3, 0.4) is 0 Å². The minimum absolute atomic E-state index is 1.72. The van der Waals surface area contributed by atoms with Crippen LogP contribution in [0.1, 0.15) is 0 Å². The quantitative estimate of drug-likeness (QED) is 0.459. The summed E-state index contributed by atoms with van der Waals surface area (Å²) >= 11 is 14.8. The van der Waals surface area contributed by atoms with Crippen molar-refractivity contribution < 1.29 is 0 Å². The molecule has 0 radical (unpaired) electrons. The van der Waals surface area contributed by atoms with Gasteiger partial charge in [-0.25, -0.2) is 0 Å². The van der Waals surface area contributed by atoms with Gasteiger partial charge in [-0.3, -0.25) is 0 Å². The van der Waals surface area contributed by atoms with Crippen LogP contribution in [0.15, 0.2) is 36.4 Å². The number of rotatable bonds is 0. The van der Waals surface area contributed by atoms with Gasteiger partial charge in [0.05, 0.1) is 0 Å². The smallest absolute Gasteiger partial charge is 0.130 e. The van der Waals surface area contributed by atoms with Gasteiger partial charge in [0.25, 0.3) is 0 Å². The first-order valence-corrected chi connectivity index (χ1v) is 7.89. The Labute approximate surface area is 76.4 Å². The molecule has 0 heterocycles. The highest BCUT2D eigenvalue weighted by molar-refractivity contribution is 7.54. The van der Waals surface area contributed by atoms with Crippen molar-refractivity contribution in [3.8, 4) is 0 Å². The average Bonchev–Trinajstić information content (AvgIpc) is 1.90. The van der Waals surface area contributed by atoms with E-state index in [-0.39, 0.29) is 0 Å². The SMILES string of the molecule is Cl[SiH](Cl)Cl.c1ccccc1. The van der Waals surface area contributed by atoms with Crippen molar-refractivity contribution in [1.82, 2.24) is 0 Å². The maximum atomic E-state index is 4.94. The topological polar surface area (TPSA) is 0 Å². The molecule has 0 saturated carbocycles. The molecule has 0 spiro atoms. The molecule has 4 heteroatoms. The molecule has 0 fully saturated rings. The van der Waals surface area contributed by atoms with Crippen molar-refractivity contribution in [3.05, 3.63) is 36.4 Å². The summed E-state index contributed by atoms with van der Waals surface area (Å²) in [5.74, 6) is 0. The van der Waals surface area contributed by atoms with Gasteiger partial charge in [0.1, 0.15) is 0 Å². The molecule has 0 nitrogen and oxygen atoms in total. The summed E-state index contributed by atoms with van der Waals surface area (Å²) in [6.45, 7) is -1.72. The standard InChI is InChI=1S/C6H6.Cl3HSi/c1-2-4-6-5-3-1;1-4(2)3/h1-6H;4H. The highest BCUT2D eigenvalue weighted by atomic mass is 35.8. The lowest BCUT2D eigenvalue weighted by atomic mass is 10.4. The molecule has 0 aliphatic heterocycles. The fourth-order valence-corrected chi connectivity index (χ4v) is 0.385. The molecule has 0 aromatic heterocycles. The summed E-state index contributed by atoms with van der Waals surface area (Å²) in [4.78, 5) is 0. The first kappa shape index (κ1) is 10.3. The first-order chi connectivity index (χ1) is 4.73. The van der Waals surface area contributed by atoms with Crippen LogP contribution < -0.4 is 0 Å². The van der Waals surface area contributed by atoms with Crippen molar-refractivity contribution in [2.45, 2.75) is 0 Å². The zero-order valence-corrected chi connectivity index (χ0v) is 8.60. The van der Waals surface area contributed by atoms with Crippen molar-refractivity contribution in [3.63, 3.8) is 0 Å². The Balaban J connectivity index is 0.000000180. The molecule has 0 aliphatic carbocycles. The monoisotopic (exact) mass is 212 g/mol. The second kappa shape index (κ2) is 7.41. The Morgan fingerprint density at radius 2 is 0.700 bits per heavy atom. The molecule has 0 amide bonds. The molecular formula is C6H7Cl3Si. The van der Waals surface area contributed by atoms with E-state index in [1.54, 1.807) is 0 Å². The summed E-state index contributed by atoms with van der Waals surface area (Å²) in [6, 6.07) is 12.0. The number of hydrogen-bond donors (Lipinski definition) is 0. The molecule has 1 aromatic rings. The van der Waals surface area contributed by atoms with Crippen LogP contribution in [-0.4, -0.2) is 6.73 Å². The molecule has 0 aliphatic rings. The van der Waals surface area contributed by atoms with Gasteiger partial charge in [-0.2, -0.15) is 0 Å². The van der Waals surface area contributed by atoms with Crippen LogP contribution in [0, 0.1) is 0 Å². The maximum absolute atomic E-state index is 4.94. The van der Waals surface area contributed by atoms with E-state index in [1.807, 2.05) is 36.4 Å². The third-order valence-corrected chi connectivity index (χ3v) is 0.667. The Kier molecular flexibility index (Phi) is 7.64. The molecule has 56 valence electrons. The van der Waals surface area contributed by atoms with E-state index in [4.69, 9.17) is 33.2 Å². The predicted molar refractivity (Wildman–Crippen MR) is 51.2 cm³/mol. The fraction of sp³-hybridized carbons (Fsp3) is 0. The summed E-state index contributed by atoms with van der Waals surface area (Å²) in [7, 11) is 0. The lowest BCUT2D eigenvalue weighted by Gasteiger charge is -1.69. The molecule has 1 aromatic carbocycles. The number of halogens is 3. The van der Waals surface area contributed by atoms with Crippen molar-refractivity contribution in [1.29, 1.82) is 0 Å². The third kappa shape index (κ3) is 11.1. The van der Waals surface area contributed by atoms with Gasteiger partial charge in [0.2, 0.25) is 0 Å². The summed E-state index contributed by atoms with van der Waals surface area (Å²) in [5.41, 5.74) is 0. The van der Waals surface area contributed by atoms with Crippen molar-refractivity contribution in [2.75, 3.05) is 0 Å². The van der Waals surface area contributed by atoms with Gasteiger partial charge < -0.3 is 0 Å². The van der Waals surface area contributed by atoms with E-state index >= 15 is 0 Å². The predicted octanol–water partition coefficient (Wildman–Crippen LogP) is 3.11. The van der Waals surface area contributed by atoms with E-state index in [1.165, 1.54) is 0 Å². The van der Waals surface area contributed by atoms with Gasteiger partial charge in [-0.1, -0.05) is 36.4 Å². The van der Waals surface area contributed by atoms with E-state index < -0.39 is 6.73 Å².